The van der Waals surface area contributed by atoms with Gasteiger partial charge in [0.1, 0.15) is 11.5 Å². The minimum atomic E-state index is -3.79. The minimum Gasteiger partial charge on any atom is -0.360 e. The van der Waals surface area contributed by atoms with Gasteiger partial charge < -0.3 is 9.84 Å². The Hall–Kier alpha value is -2.58. The highest BCUT2D eigenvalue weighted by Crippen LogP contribution is 2.23. The number of anilines is 3. The molecule has 0 fully saturated rings. The van der Waals surface area contributed by atoms with Gasteiger partial charge in [-0.3, -0.25) is 4.72 Å². The third kappa shape index (κ3) is 3.92. The number of nitrogens with zero attached hydrogens (tertiary/aromatic N) is 2. The van der Waals surface area contributed by atoms with Crippen molar-refractivity contribution in [1.82, 2.24) is 10.1 Å². The molecule has 2 aromatic heterocycles. The first kappa shape index (κ1) is 17.2. The van der Waals surface area contributed by atoms with Crippen molar-refractivity contribution < 1.29 is 12.9 Å². The van der Waals surface area contributed by atoms with Crippen molar-refractivity contribution in [2.45, 2.75) is 18.7 Å². The molecule has 3 aromatic rings. The number of hydrogen-bond acceptors (Lipinski definition) is 6. The molecular weight excluding hydrogens is 364 g/mol. The lowest BCUT2D eigenvalue weighted by Crippen LogP contribution is -2.14. The molecule has 2 N–H and O–H groups in total. The summed E-state index contributed by atoms with van der Waals surface area (Å²) in [5, 5.41) is 7.40. The van der Waals surface area contributed by atoms with Gasteiger partial charge in [0.15, 0.2) is 10.7 Å². The Labute approximate surface area is 150 Å². The fraction of sp³-hybridized carbons (Fsp3) is 0.125. The second-order valence-corrected chi connectivity index (χ2v) is 7.38. The van der Waals surface area contributed by atoms with Crippen molar-refractivity contribution in [1.29, 1.82) is 0 Å². The molecular formula is C16H15ClN4O3S. The van der Waals surface area contributed by atoms with E-state index in [0.717, 1.165) is 5.69 Å². The van der Waals surface area contributed by atoms with Gasteiger partial charge in [-0.05, 0) is 50.2 Å². The minimum absolute atomic E-state index is 0.0378. The van der Waals surface area contributed by atoms with Crippen LogP contribution in [0.4, 0.5) is 17.2 Å². The molecule has 0 bridgehead atoms. The summed E-state index contributed by atoms with van der Waals surface area (Å²) in [6.07, 6.45) is 1.42. The smallest absolute Gasteiger partial charge is 0.267 e. The van der Waals surface area contributed by atoms with E-state index >= 15 is 0 Å². The number of benzene rings is 1. The van der Waals surface area contributed by atoms with Crippen LogP contribution >= 0.6 is 11.6 Å². The standard InChI is InChI=1S/C16H15ClN4O3S/c1-10-16(11(2)24-20-10)25(22,23)21-14-7-8-15(18-9-14)19-13-5-3-12(17)4-6-13/h3-9,21H,1-2H3,(H,18,19). The van der Waals surface area contributed by atoms with Gasteiger partial charge in [0.25, 0.3) is 10.0 Å². The van der Waals surface area contributed by atoms with Gasteiger partial charge in [-0.1, -0.05) is 16.8 Å². The summed E-state index contributed by atoms with van der Waals surface area (Å²) in [4.78, 5) is 4.23. The summed E-state index contributed by atoms with van der Waals surface area (Å²) in [6.45, 7) is 3.12. The third-order valence-corrected chi connectivity index (χ3v) is 5.25. The second kappa shape index (κ2) is 6.73. The Morgan fingerprint density at radius 2 is 1.72 bits per heavy atom. The Bertz CT molecular complexity index is 964. The first-order valence-electron chi connectivity index (χ1n) is 7.29. The molecule has 0 saturated carbocycles. The normalized spacial score (nSPS) is 11.3. The summed E-state index contributed by atoms with van der Waals surface area (Å²) < 4.78 is 32.3. The van der Waals surface area contributed by atoms with E-state index in [4.69, 9.17) is 16.1 Å². The van der Waals surface area contributed by atoms with Crippen LogP contribution in [-0.4, -0.2) is 18.6 Å². The summed E-state index contributed by atoms with van der Waals surface area (Å²) in [7, 11) is -3.79. The van der Waals surface area contributed by atoms with Crippen LogP contribution in [0.1, 0.15) is 11.5 Å². The van der Waals surface area contributed by atoms with E-state index in [1.807, 2.05) is 12.1 Å². The summed E-state index contributed by atoms with van der Waals surface area (Å²) in [6, 6.07) is 10.4. The van der Waals surface area contributed by atoms with Gasteiger partial charge >= 0.3 is 0 Å². The van der Waals surface area contributed by atoms with E-state index in [9.17, 15) is 8.42 Å². The number of sulfonamides is 1. The molecule has 2 heterocycles. The van der Waals surface area contributed by atoms with Crippen molar-refractivity contribution in [3.8, 4) is 0 Å². The van der Waals surface area contributed by atoms with Crippen molar-refractivity contribution in [2.24, 2.45) is 0 Å². The average Bonchev–Trinajstić information content (AvgIpc) is 2.91. The Morgan fingerprint density at radius 1 is 1.04 bits per heavy atom. The van der Waals surface area contributed by atoms with Crippen molar-refractivity contribution >= 4 is 38.8 Å². The highest BCUT2D eigenvalue weighted by atomic mass is 35.5. The summed E-state index contributed by atoms with van der Waals surface area (Å²) in [5.74, 6) is 0.807. The van der Waals surface area contributed by atoms with Crippen molar-refractivity contribution in [3.63, 3.8) is 0 Å². The Kier molecular flexibility index (Phi) is 4.65. The number of rotatable bonds is 5. The van der Waals surface area contributed by atoms with Crippen LogP contribution < -0.4 is 10.0 Å². The van der Waals surface area contributed by atoms with E-state index < -0.39 is 10.0 Å². The fourth-order valence-corrected chi connectivity index (χ4v) is 3.77. The molecule has 9 heteroatoms. The lowest BCUT2D eigenvalue weighted by atomic mass is 10.3. The molecule has 0 spiro atoms. The molecule has 3 rings (SSSR count). The Morgan fingerprint density at radius 3 is 2.28 bits per heavy atom. The zero-order chi connectivity index (χ0) is 18.0. The van der Waals surface area contributed by atoms with Crippen LogP contribution in [0.3, 0.4) is 0 Å². The van der Waals surface area contributed by atoms with Crippen molar-refractivity contribution in [3.05, 3.63) is 59.1 Å². The monoisotopic (exact) mass is 378 g/mol. The third-order valence-electron chi connectivity index (χ3n) is 3.37. The van der Waals surface area contributed by atoms with E-state index in [1.165, 1.54) is 6.20 Å². The lowest BCUT2D eigenvalue weighted by Gasteiger charge is -2.09. The number of nitrogens with one attached hydrogen (secondary N) is 2. The molecule has 25 heavy (non-hydrogen) atoms. The predicted molar refractivity (Wildman–Crippen MR) is 95.8 cm³/mol. The molecule has 0 aliphatic carbocycles. The average molecular weight is 379 g/mol. The van der Waals surface area contributed by atoms with Crippen LogP contribution in [0.5, 0.6) is 0 Å². The Balaban J connectivity index is 1.75. The van der Waals surface area contributed by atoms with E-state index in [1.54, 1.807) is 38.1 Å². The quantitative estimate of drug-likeness (QED) is 0.699. The number of aromatic nitrogens is 2. The van der Waals surface area contributed by atoms with Gasteiger partial charge in [-0.15, -0.1) is 0 Å². The van der Waals surface area contributed by atoms with Gasteiger partial charge in [0.2, 0.25) is 0 Å². The second-order valence-electron chi connectivity index (χ2n) is 5.32. The molecule has 130 valence electrons. The highest BCUT2D eigenvalue weighted by molar-refractivity contribution is 7.92. The molecule has 0 aliphatic heterocycles. The zero-order valence-corrected chi connectivity index (χ0v) is 15.0. The molecule has 0 saturated heterocycles. The zero-order valence-electron chi connectivity index (χ0n) is 13.4. The maximum absolute atomic E-state index is 12.4. The maximum Gasteiger partial charge on any atom is 0.267 e. The van der Waals surface area contributed by atoms with Gasteiger partial charge in [0.05, 0.1) is 11.9 Å². The predicted octanol–water partition coefficient (Wildman–Crippen LogP) is 3.88. The van der Waals surface area contributed by atoms with E-state index in [0.29, 0.717) is 22.2 Å². The molecule has 7 nitrogen and oxygen atoms in total. The SMILES string of the molecule is Cc1noc(C)c1S(=O)(=O)Nc1ccc(Nc2ccc(Cl)cc2)nc1. The first-order valence-corrected chi connectivity index (χ1v) is 9.15. The topological polar surface area (TPSA) is 97.1 Å². The number of aryl methyl sites for hydroxylation is 2. The van der Waals surface area contributed by atoms with E-state index in [2.05, 4.69) is 20.2 Å². The fourth-order valence-electron chi connectivity index (χ4n) is 2.27. The first-order chi connectivity index (χ1) is 11.8. The molecule has 1 aromatic carbocycles. The van der Waals surface area contributed by atoms with Crippen LogP contribution in [0, 0.1) is 13.8 Å². The van der Waals surface area contributed by atoms with Crippen LogP contribution in [0.15, 0.2) is 52.0 Å². The van der Waals surface area contributed by atoms with Crippen LogP contribution in [0.25, 0.3) is 0 Å². The maximum atomic E-state index is 12.4. The van der Waals surface area contributed by atoms with Gasteiger partial charge in [-0.25, -0.2) is 13.4 Å². The van der Waals surface area contributed by atoms with Gasteiger partial charge in [-0.2, -0.15) is 0 Å². The number of halogens is 1. The van der Waals surface area contributed by atoms with Crippen LogP contribution in [0.2, 0.25) is 5.02 Å². The molecule has 0 radical (unpaired) electrons. The largest absolute Gasteiger partial charge is 0.360 e. The summed E-state index contributed by atoms with van der Waals surface area (Å²) >= 11 is 5.84. The van der Waals surface area contributed by atoms with Crippen LogP contribution in [-0.2, 0) is 10.0 Å². The number of hydrogen-bond donors (Lipinski definition) is 2. The lowest BCUT2D eigenvalue weighted by molar-refractivity contribution is 0.390. The highest BCUT2D eigenvalue weighted by Gasteiger charge is 2.24. The van der Waals surface area contributed by atoms with Gasteiger partial charge in [0, 0.05) is 10.7 Å². The number of pyridine rings is 1. The van der Waals surface area contributed by atoms with Crippen molar-refractivity contribution in [2.75, 3.05) is 10.0 Å². The molecule has 0 unspecified atom stereocenters. The molecule has 0 amide bonds. The molecule has 0 atom stereocenters. The van der Waals surface area contributed by atoms with E-state index in [-0.39, 0.29) is 10.7 Å². The molecule has 0 aliphatic rings. The summed E-state index contributed by atoms with van der Waals surface area (Å²) in [5.41, 5.74) is 1.46.